The fourth-order valence-electron chi connectivity index (χ4n) is 4.98. The highest BCUT2D eigenvalue weighted by atomic mass is 19.4. The number of carboxylic acids is 1. The Labute approximate surface area is 229 Å². The Hall–Kier alpha value is -4.15. The number of alkyl halides is 3. The first-order chi connectivity index (χ1) is 19.0. The number of anilines is 1. The normalized spacial score (nSPS) is 17.3. The fourth-order valence-corrected chi connectivity index (χ4v) is 4.98. The molecule has 3 N–H and O–H groups in total. The van der Waals surface area contributed by atoms with Crippen molar-refractivity contribution in [1.29, 1.82) is 0 Å². The Bertz CT molecular complexity index is 1360. The third kappa shape index (κ3) is 7.28. The van der Waals surface area contributed by atoms with Crippen LogP contribution in [0, 0.1) is 12.8 Å². The maximum Gasteiger partial charge on any atom is 0.452 e. The number of aromatic nitrogens is 1. The summed E-state index contributed by atoms with van der Waals surface area (Å²) in [4.78, 5) is 39.6. The summed E-state index contributed by atoms with van der Waals surface area (Å²) in [6.07, 6.45) is -1.32. The summed E-state index contributed by atoms with van der Waals surface area (Å²) in [7, 11) is 0. The Morgan fingerprint density at radius 1 is 1.02 bits per heavy atom. The molecule has 0 aliphatic heterocycles. The van der Waals surface area contributed by atoms with Crippen molar-refractivity contribution >= 4 is 23.5 Å². The molecule has 1 aliphatic rings. The summed E-state index contributed by atoms with van der Waals surface area (Å²) in [5.41, 5.74) is 1.76. The summed E-state index contributed by atoms with van der Waals surface area (Å²) >= 11 is 0. The summed E-state index contributed by atoms with van der Waals surface area (Å²) < 4.78 is 45.6. The van der Waals surface area contributed by atoms with E-state index in [1.807, 2.05) is 12.1 Å². The van der Waals surface area contributed by atoms with Gasteiger partial charge in [0.1, 0.15) is 0 Å². The first kappa shape index (κ1) is 28.8. The smallest absolute Gasteiger partial charge is 0.452 e. The first-order valence-corrected chi connectivity index (χ1v) is 13.0. The average Bonchev–Trinajstić information content (AvgIpc) is 3.36. The van der Waals surface area contributed by atoms with Crippen LogP contribution >= 0.6 is 0 Å². The van der Waals surface area contributed by atoms with Crippen molar-refractivity contribution in [2.45, 2.75) is 57.5 Å². The van der Waals surface area contributed by atoms with E-state index in [9.17, 15) is 27.6 Å². The SMILES string of the molecule is Cc1ccccc1-c1nc(C(=O)NCCC(=O)Nc2ccc([C@H]3CC[C@H](CC(=O)O)CC3)cc2)c(C(F)(F)F)o1. The van der Waals surface area contributed by atoms with E-state index in [1.165, 1.54) is 0 Å². The molecular formula is C29H30F3N3O5. The Kier molecular flexibility index (Phi) is 8.91. The van der Waals surface area contributed by atoms with Gasteiger partial charge in [-0.15, -0.1) is 0 Å². The molecule has 1 aliphatic carbocycles. The van der Waals surface area contributed by atoms with Crippen molar-refractivity contribution in [2.24, 2.45) is 5.92 Å². The molecule has 3 aromatic rings. The summed E-state index contributed by atoms with van der Waals surface area (Å²) in [6, 6.07) is 14.0. The summed E-state index contributed by atoms with van der Waals surface area (Å²) in [5.74, 6) is -3.53. The number of benzene rings is 2. The number of nitrogens with one attached hydrogen (secondary N) is 2. The van der Waals surface area contributed by atoms with Gasteiger partial charge in [-0.1, -0.05) is 30.3 Å². The molecule has 0 bridgehead atoms. The number of carboxylic acid groups (broad SMARTS) is 1. The number of amides is 2. The standard InChI is InChI=1S/C29H30F3N3O5/c1-17-4-2-3-5-22(17)28-35-25(26(40-28)29(30,31)32)27(39)33-15-14-23(36)34-21-12-10-20(11-13-21)19-8-6-18(7-9-19)16-24(37)38/h2-5,10-13,18-19H,6-9,14-16H2,1H3,(H,33,39)(H,34,36)(H,37,38)/t18-,19-. The van der Waals surface area contributed by atoms with Crippen LogP contribution in [0.5, 0.6) is 0 Å². The predicted octanol–water partition coefficient (Wildman–Crippen LogP) is 6.18. The van der Waals surface area contributed by atoms with E-state index in [1.54, 1.807) is 43.3 Å². The highest BCUT2D eigenvalue weighted by Gasteiger charge is 2.42. The topological polar surface area (TPSA) is 122 Å². The summed E-state index contributed by atoms with van der Waals surface area (Å²) in [6.45, 7) is 1.49. The quantitative estimate of drug-likeness (QED) is 0.289. The second kappa shape index (κ2) is 12.4. The molecule has 0 unspecified atom stereocenters. The highest BCUT2D eigenvalue weighted by molar-refractivity contribution is 5.95. The van der Waals surface area contributed by atoms with Crippen molar-refractivity contribution in [1.82, 2.24) is 10.3 Å². The Morgan fingerprint density at radius 3 is 2.33 bits per heavy atom. The van der Waals surface area contributed by atoms with E-state index in [2.05, 4.69) is 15.6 Å². The molecule has 0 spiro atoms. The minimum absolute atomic E-state index is 0.162. The van der Waals surface area contributed by atoms with Gasteiger partial charge < -0.3 is 20.2 Å². The van der Waals surface area contributed by atoms with Gasteiger partial charge >= 0.3 is 12.1 Å². The number of carbonyl (C=O) groups excluding carboxylic acids is 2. The molecular weight excluding hydrogens is 527 g/mol. The largest absolute Gasteiger partial charge is 0.481 e. The number of halogens is 3. The number of nitrogens with zero attached hydrogens (tertiary/aromatic N) is 1. The molecule has 1 heterocycles. The molecule has 4 rings (SSSR count). The lowest BCUT2D eigenvalue weighted by Crippen LogP contribution is -2.29. The van der Waals surface area contributed by atoms with Crippen LogP contribution in [0.4, 0.5) is 18.9 Å². The van der Waals surface area contributed by atoms with Crippen LogP contribution in [0.2, 0.25) is 0 Å². The van der Waals surface area contributed by atoms with E-state index in [4.69, 9.17) is 9.52 Å². The van der Waals surface area contributed by atoms with Crippen LogP contribution in [0.3, 0.4) is 0 Å². The number of hydrogen-bond acceptors (Lipinski definition) is 5. The molecule has 40 heavy (non-hydrogen) atoms. The Balaban J connectivity index is 1.29. The van der Waals surface area contributed by atoms with E-state index >= 15 is 0 Å². The highest BCUT2D eigenvalue weighted by Crippen LogP contribution is 2.38. The number of oxazole rings is 1. The van der Waals surface area contributed by atoms with Crippen molar-refractivity contribution in [2.75, 3.05) is 11.9 Å². The zero-order valence-corrected chi connectivity index (χ0v) is 21.9. The second-order valence-corrected chi connectivity index (χ2v) is 10.0. The lowest BCUT2D eigenvalue weighted by Gasteiger charge is -2.28. The number of hydrogen-bond donors (Lipinski definition) is 3. The van der Waals surface area contributed by atoms with Crippen LogP contribution in [-0.4, -0.2) is 34.4 Å². The van der Waals surface area contributed by atoms with Crippen LogP contribution < -0.4 is 10.6 Å². The predicted molar refractivity (Wildman–Crippen MR) is 141 cm³/mol. The number of aryl methyl sites for hydroxylation is 1. The number of rotatable bonds is 9. The second-order valence-electron chi connectivity index (χ2n) is 10.0. The van der Waals surface area contributed by atoms with Crippen molar-refractivity contribution < 1.29 is 37.1 Å². The molecule has 1 saturated carbocycles. The van der Waals surface area contributed by atoms with Gasteiger partial charge in [0.15, 0.2) is 5.69 Å². The van der Waals surface area contributed by atoms with Gasteiger partial charge in [0.2, 0.25) is 17.6 Å². The first-order valence-electron chi connectivity index (χ1n) is 13.0. The molecule has 1 aromatic heterocycles. The maximum atomic E-state index is 13.5. The minimum atomic E-state index is -4.93. The minimum Gasteiger partial charge on any atom is -0.481 e. The van der Waals surface area contributed by atoms with Gasteiger partial charge in [-0.25, -0.2) is 4.98 Å². The molecule has 8 nitrogen and oxygen atoms in total. The molecule has 0 saturated heterocycles. The zero-order valence-electron chi connectivity index (χ0n) is 21.9. The molecule has 11 heteroatoms. The molecule has 0 radical (unpaired) electrons. The van der Waals surface area contributed by atoms with Gasteiger partial charge in [-0.2, -0.15) is 13.2 Å². The summed E-state index contributed by atoms with van der Waals surface area (Å²) in [5, 5.41) is 14.0. The van der Waals surface area contributed by atoms with Crippen LogP contribution in [0.15, 0.2) is 52.9 Å². The van der Waals surface area contributed by atoms with Gasteiger partial charge in [0.05, 0.1) is 0 Å². The molecule has 1 fully saturated rings. The van der Waals surface area contributed by atoms with Gasteiger partial charge in [-0.3, -0.25) is 14.4 Å². The third-order valence-corrected chi connectivity index (χ3v) is 7.09. The van der Waals surface area contributed by atoms with Gasteiger partial charge in [0.25, 0.3) is 5.91 Å². The lowest BCUT2D eigenvalue weighted by molar-refractivity contribution is -0.153. The fraction of sp³-hybridized carbons (Fsp3) is 0.379. The van der Waals surface area contributed by atoms with E-state index < -0.39 is 35.4 Å². The zero-order chi connectivity index (χ0) is 28.9. The van der Waals surface area contributed by atoms with Crippen molar-refractivity contribution in [3.05, 3.63) is 71.1 Å². The van der Waals surface area contributed by atoms with E-state index in [0.29, 0.717) is 22.7 Å². The lowest BCUT2D eigenvalue weighted by atomic mass is 9.77. The average molecular weight is 558 g/mol. The molecule has 0 atom stereocenters. The van der Waals surface area contributed by atoms with Crippen molar-refractivity contribution in [3.63, 3.8) is 0 Å². The van der Waals surface area contributed by atoms with E-state index in [0.717, 1.165) is 31.2 Å². The van der Waals surface area contributed by atoms with Crippen LogP contribution in [0.1, 0.15) is 71.8 Å². The van der Waals surface area contributed by atoms with Crippen LogP contribution in [0.25, 0.3) is 11.5 Å². The molecule has 212 valence electrons. The van der Waals surface area contributed by atoms with Crippen molar-refractivity contribution in [3.8, 4) is 11.5 Å². The molecule has 2 aromatic carbocycles. The number of aliphatic carboxylic acids is 1. The number of carbonyl (C=O) groups is 3. The van der Waals surface area contributed by atoms with E-state index in [-0.39, 0.29) is 31.2 Å². The maximum absolute atomic E-state index is 13.5. The van der Waals surface area contributed by atoms with Gasteiger partial charge in [0, 0.05) is 30.6 Å². The van der Waals surface area contributed by atoms with Crippen LogP contribution in [-0.2, 0) is 15.8 Å². The Morgan fingerprint density at radius 2 is 1.70 bits per heavy atom. The monoisotopic (exact) mass is 557 g/mol. The third-order valence-electron chi connectivity index (χ3n) is 7.09. The molecule has 2 amide bonds. The van der Waals surface area contributed by atoms with Gasteiger partial charge in [-0.05, 0) is 73.8 Å².